The quantitative estimate of drug-likeness (QED) is 0.750. The van der Waals surface area contributed by atoms with Crippen LogP contribution in [0.1, 0.15) is 24.3 Å². The smallest absolute Gasteiger partial charge is 0.317 e. The fourth-order valence-corrected chi connectivity index (χ4v) is 3.39. The van der Waals surface area contributed by atoms with E-state index in [1.807, 2.05) is 12.1 Å². The molecule has 3 heterocycles. The molecule has 2 amide bonds. The SMILES string of the molecule is C[C@H]1CN(C(=O)NCc2cccc(F)c2)C[C@@H]1c1nc(-c2cccnc2)no1. The van der Waals surface area contributed by atoms with Crippen LogP contribution < -0.4 is 5.32 Å². The van der Waals surface area contributed by atoms with Gasteiger partial charge in [0.1, 0.15) is 5.82 Å². The highest BCUT2D eigenvalue weighted by Gasteiger charge is 2.37. The van der Waals surface area contributed by atoms with Crippen molar-refractivity contribution in [3.63, 3.8) is 0 Å². The molecule has 1 N–H and O–H groups in total. The van der Waals surface area contributed by atoms with Gasteiger partial charge in [0, 0.05) is 37.6 Å². The van der Waals surface area contributed by atoms with E-state index in [0.717, 1.165) is 11.1 Å². The number of amides is 2. The maximum Gasteiger partial charge on any atom is 0.317 e. The highest BCUT2D eigenvalue weighted by molar-refractivity contribution is 5.74. The largest absolute Gasteiger partial charge is 0.339 e. The van der Waals surface area contributed by atoms with Crippen molar-refractivity contribution in [2.24, 2.45) is 5.92 Å². The summed E-state index contributed by atoms with van der Waals surface area (Å²) in [6.45, 7) is 3.41. The lowest BCUT2D eigenvalue weighted by Gasteiger charge is -2.17. The summed E-state index contributed by atoms with van der Waals surface area (Å²) in [6.07, 6.45) is 3.36. The molecule has 28 heavy (non-hydrogen) atoms. The summed E-state index contributed by atoms with van der Waals surface area (Å²) in [7, 11) is 0. The van der Waals surface area contributed by atoms with E-state index in [4.69, 9.17) is 4.52 Å². The molecular formula is C20H20FN5O2. The zero-order chi connectivity index (χ0) is 19.5. The molecule has 0 bridgehead atoms. The van der Waals surface area contributed by atoms with Gasteiger partial charge in [-0.3, -0.25) is 4.98 Å². The minimum absolute atomic E-state index is 0.0298. The van der Waals surface area contributed by atoms with E-state index in [1.54, 1.807) is 29.4 Å². The van der Waals surface area contributed by atoms with Crippen LogP contribution in [0.2, 0.25) is 0 Å². The van der Waals surface area contributed by atoms with Crippen molar-refractivity contribution in [3.8, 4) is 11.4 Å². The number of rotatable bonds is 4. The molecule has 1 aliphatic rings. The Labute approximate surface area is 161 Å². The minimum atomic E-state index is -0.317. The summed E-state index contributed by atoms with van der Waals surface area (Å²) < 4.78 is 18.7. The molecule has 3 aromatic rings. The Morgan fingerprint density at radius 2 is 2.21 bits per heavy atom. The fourth-order valence-electron chi connectivity index (χ4n) is 3.39. The number of nitrogens with one attached hydrogen (secondary N) is 1. The van der Waals surface area contributed by atoms with Crippen molar-refractivity contribution < 1.29 is 13.7 Å². The normalized spacial score (nSPS) is 19.0. The van der Waals surface area contributed by atoms with Gasteiger partial charge in [0.15, 0.2) is 0 Å². The van der Waals surface area contributed by atoms with Crippen molar-refractivity contribution in [3.05, 3.63) is 66.1 Å². The molecule has 144 valence electrons. The number of aromatic nitrogens is 3. The molecule has 1 aromatic carbocycles. The number of hydrogen-bond acceptors (Lipinski definition) is 5. The van der Waals surface area contributed by atoms with Crippen LogP contribution in [0.15, 0.2) is 53.3 Å². The summed E-state index contributed by atoms with van der Waals surface area (Å²) in [5.41, 5.74) is 1.50. The van der Waals surface area contributed by atoms with Crippen LogP contribution >= 0.6 is 0 Å². The Morgan fingerprint density at radius 1 is 1.32 bits per heavy atom. The minimum Gasteiger partial charge on any atom is -0.339 e. The van der Waals surface area contributed by atoms with Gasteiger partial charge < -0.3 is 14.7 Å². The first kappa shape index (κ1) is 18.1. The van der Waals surface area contributed by atoms with E-state index < -0.39 is 0 Å². The maximum absolute atomic E-state index is 13.3. The van der Waals surface area contributed by atoms with Gasteiger partial charge in [-0.25, -0.2) is 9.18 Å². The average Bonchev–Trinajstić information content (AvgIpc) is 3.34. The van der Waals surface area contributed by atoms with Crippen LogP contribution in [0.25, 0.3) is 11.4 Å². The lowest BCUT2D eigenvalue weighted by Crippen LogP contribution is -2.38. The molecule has 1 aliphatic heterocycles. The number of carbonyl (C=O) groups is 1. The van der Waals surface area contributed by atoms with E-state index in [2.05, 4.69) is 27.4 Å². The second-order valence-corrected chi connectivity index (χ2v) is 6.98. The van der Waals surface area contributed by atoms with Crippen molar-refractivity contribution in [1.82, 2.24) is 25.3 Å². The molecular weight excluding hydrogens is 361 g/mol. The van der Waals surface area contributed by atoms with Gasteiger partial charge in [-0.2, -0.15) is 4.98 Å². The molecule has 2 aromatic heterocycles. The van der Waals surface area contributed by atoms with Crippen LogP contribution in [0.3, 0.4) is 0 Å². The number of nitrogens with zero attached hydrogens (tertiary/aromatic N) is 4. The van der Waals surface area contributed by atoms with E-state index in [9.17, 15) is 9.18 Å². The molecule has 2 atom stereocenters. The number of urea groups is 1. The predicted octanol–water partition coefficient (Wildman–Crippen LogP) is 3.22. The lowest BCUT2D eigenvalue weighted by atomic mass is 9.98. The third-order valence-electron chi connectivity index (χ3n) is 4.91. The number of benzene rings is 1. The van der Waals surface area contributed by atoms with Gasteiger partial charge in [0.2, 0.25) is 11.7 Å². The van der Waals surface area contributed by atoms with Crippen LogP contribution in [0.5, 0.6) is 0 Å². The molecule has 7 nitrogen and oxygen atoms in total. The van der Waals surface area contributed by atoms with Crippen molar-refractivity contribution in [2.45, 2.75) is 19.4 Å². The molecule has 8 heteroatoms. The van der Waals surface area contributed by atoms with Gasteiger partial charge in [0.05, 0.1) is 5.92 Å². The van der Waals surface area contributed by atoms with Crippen LogP contribution in [0, 0.1) is 11.7 Å². The summed E-state index contributed by atoms with van der Waals surface area (Å²) in [4.78, 5) is 22.8. The Bertz CT molecular complexity index is 962. The number of likely N-dealkylation sites (tertiary alicyclic amines) is 1. The molecule has 0 saturated carbocycles. The Hall–Kier alpha value is -3.29. The highest BCUT2D eigenvalue weighted by atomic mass is 19.1. The van der Waals surface area contributed by atoms with Gasteiger partial charge in [-0.05, 0) is 35.7 Å². The van der Waals surface area contributed by atoms with Gasteiger partial charge in [0.25, 0.3) is 0 Å². The highest BCUT2D eigenvalue weighted by Crippen LogP contribution is 2.32. The number of pyridine rings is 1. The molecule has 1 fully saturated rings. The molecule has 0 spiro atoms. The topological polar surface area (TPSA) is 84.2 Å². The van der Waals surface area contributed by atoms with Crippen molar-refractivity contribution in [2.75, 3.05) is 13.1 Å². The van der Waals surface area contributed by atoms with Crippen molar-refractivity contribution in [1.29, 1.82) is 0 Å². The number of hydrogen-bond donors (Lipinski definition) is 1. The standard InChI is InChI=1S/C20H20FN5O2/c1-13-11-26(20(27)23-9-14-4-2-6-16(21)8-14)12-17(13)19-24-18(25-28-19)15-5-3-7-22-10-15/h2-8,10,13,17H,9,11-12H2,1H3,(H,23,27)/t13-,17-/m0/s1. The number of halogens is 1. The van der Waals surface area contributed by atoms with Gasteiger partial charge in [-0.1, -0.05) is 24.2 Å². The zero-order valence-corrected chi connectivity index (χ0v) is 15.4. The Balaban J connectivity index is 1.39. The lowest BCUT2D eigenvalue weighted by molar-refractivity contribution is 0.206. The molecule has 0 unspecified atom stereocenters. The molecule has 0 radical (unpaired) electrons. The maximum atomic E-state index is 13.3. The first-order valence-corrected chi connectivity index (χ1v) is 9.11. The Kier molecular flexibility index (Phi) is 5.01. The second-order valence-electron chi connectivity index (χ2n) is 6.98. The Morgan fingerprint density at radius 3 is 3.00 bits per heavy atom. The zero-order valence-electron chi connectivity index (χ0n) is 15.4. The van der Waals surface area contributed by atoms with Crippen LogP contribution in [-0.2, 0) is 6.54 Å². The van der Waals surface area contributed by atoms with E-state index >= 15 is 0 Å². The summed E-state index contributed by atoms with van der Waals surface area (Å²) in [5, 5.41) is 6.88. The third kappa shape index (κ3) is 3.85. The monoisotopic (exact) mass is 381 g/mol. The van der Waals surface area contributed by atoms with Crippen LogP contribution in [0.4, 0.5) is 9.18 Å². The molecule has 4 rings (SSSR count). The van der Waals surface area contributed by atoms with Crippen LogP contribution in [-0.4, -0.2) is 39.1 Å². The predicted molar refractivity (Wildman–Crippen MR) is 99.6 cm³/mol. The first-order chi connectivity index (χ1) is 13.6. The second kappa shape index (κ2) is 7.75. The summed E-state index contributed by atoms with van der Waals surface area (Å²) >= 11 is 0. The van der Waals surface area contributed by atoms with E-state index in [1.165, 1.54) is 12.1 Å². The summed E-state index contributed by atoms with van der Waals surface area (Å²) in [6, 6.07) is 9.68. The average molecular weight is 381 g/mol. The molecule has 1 saturated heterocycles. The van der Waals surface area contributed by atoms with E-state index in [-0.39, 0.29) is 30.2 Å². The fraction of sp³-hybridized carbons (Fsp3) is 0.300. The summed E-state index contributed by atoms with van der Waals surface area (Å²) in [5.74, 6) is 0.846. The van der Waals surface area contributed by atoms with Gasteiger partial charge >= 0.3 is 6.03 Å². The third-order valence-corrected chi connectivity index (χ3v) is 4.91. The van der Waals surface area contributed by atoms with Crippen molar-refractivity contribution >= 4 is 6.03 Å². The van der Waals surface area contributed by atoms with E-state index in [0.29, 0.717) is 24.8 Å². The number of carbonyl (C=O) groups excluding carboxylic acids is 1. The van der Waals surface area contributed by atoms with Gasteiger partial charge in [-0.15, -0.1) is 0 Å². The molecule has 0 aliphatic carbocycles. The first-order valence-electron chi connectivity index (χ1n) is 9.11.